The van der Waals surface area contributed by atoms with Gasteiger partial charge >= 0.3 is 0 Å². The van der Waals surface area contributed by atoms with Crippen molar-refractivity contribution in [3.8, 4) is 10.6 Å². The number of carbonyl (C=O) groups excluding carboxylic acids is 1. The van der Waals surface area contributed by atoms with Crippen LogP contribution in [0, 0.1) is 6.92 Å². The van der Waals surface area contributed by atoms with Crippen molar-refractivity contribution >= 4 is 28.7 Å². The van der Waals surface area contributed by atoms with Gasteiger partial charge in [-0.15, -0.1) is 11.3 Å². The summed E-state index contributed by atoms with van der Waals surface area (Å²) in [5, 5.41) is 0. The highest BCUT2D eigenvalue weighted by molar-refractivity contribution is 7.19. The Hall–Kier alpha value is -1.26. The van der Waals surface area contributed by atoms with E-state index in [1.165, 1.54) is 18.3 Å². The van der Waals surface area contributed by atoms with Crippen molar-refractivity contribution in [2.45, 2.75) is 13.8 Å². The second-order valence-corrected chi connectivity index (χ2v) is 5.09. The van der Waals surface area contributed by atoms with Crippen LogP contribution in [-0.4, -0.2) is 15.8 Å². The number of ketones is 1. The van der Waals surface area contributed by atoms with E-state index in [9.17, 15) is 4.79 Å². The SMILES string of the molecule is CC(=O)c1nc(C)cc(-c2ccc(Cl)s2)n1. The minimum atomic E-state index is -0.132. The molecule has 0 aliphatic rings. The van der Waals surface area contributed by atoms with Crippen LogP contribution >= 0.6 is 22.9 Å². The van der Waals surface area contributed by atoms with Gasteiger partial charge in [0, 0.05) is 12.6 Å². The second-order valence-electron chi connectivity index (χ2n) is 3.38. The number of aromatic nitrogens is 2. The molecular weight excluding hydrogens is 244 g/mol. The summed E-state index contributed by atoms with van der Waals surface area (Å²) in [6.07, 6.45) is 0. The molecule has 16 heavy (non-hydrogen) atoms. The van der Waals surface area contributed by atoms with E-state index in [-0.39, 0.29) is 11.6 Å². The van der Waals surface area contributed by atoms with Gasteiger partial charge in [-0.25, -0.2) is 9.97 Å². The zero-order chi connectivity index (χ0) is 11.7. The highest BCUT2D eigenvalue weighted by Gasteiger charge is 2.09. The summed E-state index contributed by atoms with van der Waals surface area (Å²) in [5.41, 5.74) is 1.52. The molecule has 0 unspecified atom stereocenters. The fourth-order valence-electron chi connectivity index (χ4n) is 1.30. The third-order valence-electron chi connectivity index (χ3n) is 1.99. The average molecular weight is 253 g/mol. The standard InChI is InChI=1S/C11H9ClN2OS/c1-6-5-8(9-3-4-10(12)16-9)14-11(13-6)7(2)15/h3-5H,1-2H3. The number of rotatable bonds is 2. The van der Waals surface area contributed by atoms with Gasteiger partial charge in [0.15, 0.2) is 11.6 Å². The van der Waals surface area contributed by atoms with Gasteiger partial charge in [-0.05, 0) is 25.1 Å². The first-order chi connectivity index (χ1) is 7.56. The lowest BCUT2D eigenvalue weighted by atomic mass is 10.2. The number of aryl methyl sites for hydroxylation is 1. The molecule has 2 heterocycles. The van der Waals surface area contributed by atoms with Crippen molar-refractivity contribution in [1.82, 2.24) is 9.97 Å². The molecule has 2 rings (SSSR count). The molecule has 0 N–H and O–H groups in total. The Balaban J connectivity index is 2.53. The van der Waals surface area contributed by atoms with Gasteiger partial charge in [-0.2, -0.15) is 0 Å². The Bertz CT molecular complexity index is 551. The Kier molecular flexibility index (Phi) is 3.03. The van der Waals surface area contributed by atoms with E-state index in [4.69, 9.17) is 11.6 Å². The van der Waals surface area contributed by atoms with E-state index in [1.54, 1.807) is 0 Å². The summed E-state index contributed by atoms with van der Waals surface area (Å²) in [4.78, 5) is 20.5. The lowest BCUT2D eigenvalue weighted by Crippen LogP contribution is -2.03. The van der Waals surface area contributed by atoms with Gasteiger partial charge in [0.05, 0.1) is 14.9 Å². The molecule has 0 fully saturated rings. The van der Waals surface area contributed by atoms with Crippen LogP contribution in [0.15, 0.2) is 18.2 Å². The van der Waals surface area contributed by atoms with Crippen molar-refractivity contribution in [1.29, 1.82) is 0 Å². The van der Waals surface area contributed by atoms with Crippen LogP contribution in [0.4, 0.5) is 0 Å². The van der Waals surface area contributed by atoms with Gasteiger partial charge in [0.25, 0.3) is 0 Å². The van der Waals surface area contributed by atoms with E-state index in [1.807, 2.05) is 25.1 Å². The maximum Gasteiger partial charge on any atom is 0.196 e. The molecule has 0 saturated heterocycles. The zero-order valence-corrected chi connectivity index (χ0v) is 10.4. The third-order valence-corrected chi connectivity index (χ3v) is 3.25. The lowest BCUT2D eigenvalue weighted by Gasteiger charge is -2.01. The molecule has 0 radical (unpaired) electrons. The van der Waals surface area contributed by atoms with Crippen molar-refractivity contribution in [3.05, 3.63) is 34.1 Å². The maximum atomic E-state index is 11.2. The monoisotopic (exact) mass is 252 g/mol. The number of hydrogen-bond acceptors (Lipinski definition) is 4. The first-order valence-corrected chi connectivity index (χ1v) is 5.88. The summed E-state index contributed by atoms with van der Waals surface area (Å²) in [6.45, 7) is 3.30. The van der Waals surface area contributed by atoms with E-state index >= 15 is 0 Å². The fourth-order valence-corrected chi connectivity index (χ4v) is 2.31. The number of Topliss-reactive ketones (excluding diaryl/α,β-unsaturated/α-hetero) is 1. The quantitative estimate of drug-likeness (QED) is 0.770. The molecule has 82 valence electrons. The molecule has 0 aliphatic carbocycles. The maximum absolute atomic E-state index is 11.2. The van der Waals surface area contributed by atoms with Crippen LogP contribution in [0.1, 0.15) is 23.2 Å². The summed E-state index contributed by atoms with van der Waals surface area (Å²) >= 11 is 7.29. The number of thiophene rings is 1. The zero-order valence-electron chi connectivity index (χ0n) is 8.82. The number of hydrogen-bond donors (Lipinski definition) is 0. The van der Waals surface area contributed by atoms with Crippen LogP contribution < -0.4 is 0 Å². The third kappa shape index (κ3) is 2.28. The van der Waals surface area contributed by atoms with Crippen LogP contribution in [0.25, 0.3) is 10.6 Å². The molecule has 0 bridgehead atoms. The van der Waals surface area contributed by atoms with E-state index in [0.29, 0.717) is 4.34 Å². The van der Waals surface area contributed by atoms with Crippen molar-refractivity contribution in [2.75, 3.05) is 0 Å². The Morgan fingerprint density at radius 1 is 1.38 bits per heavy atom. The van der Waals surface area contributed by atoms with Crippen molar-refractivity contribution in [2.24, 2.45) is 0 Å². The van der Waals surface area contributed by atoms with Crippen molar-refractivity contribution in [3.63, 3.8) is 0 Å². The highest BCUT2D eigenvalue weighted by atomic mass is 35.5. The number of carbonyl (C=O) groups is 1. The Morgan fingerprint density at radius 2 is 2.12 bits per heavy atom. The summed E-state index contributed by atoms with van der Waals surface area (Å²) in [5.74, 6) is 0.118. The molecule has 5 heteroatoms. The molecule has 0 atom stereocenters. The molecule has 0 aromatic carbocycles. The fraction of sp³-hybridized carbons (Fsp3) is 0.182. The summed E-state index contributed by atoms with van der Waals surface area (Å²) in [6, 6.07) is 5.54. The van der Waals surface area contributed by atoms with Gasteiger partial charge in [0.1, 0.15) is 0 Å². The Morgan fingerprint density at radius 3 is 2.69 bits per heavy atom. The van der Waals surface area contributed by atoms with Gasteiger partial charge in [-0.1, -0.05) is 11.6 Å². The predicted octanol–water partition coefficient (Wildman–Crippen LogP) is 3.37. The molecule has 3 nitrogen and oxygen atoms in total. The van der Waals surface area contributed by atoms with Crippen LogP contribution in [0.5, 0.6) is 0 Å². The topological polar surface area (TPSA) is 42.9 Å². The summed E-state index contributed by atoms with van der Waals surface area (Å²) < 4.78 is 0.704. The molecule has 2 aromatic heterocycles. The normalized spacial score (nSPS) is 10.4. The molecule has 0 aliphatic heterocycles. The van der Waals surface area contributed by atoms with Crippen molar-refractivity contribution < 1.29 is 4.79 Å². The first-order valence-electron chi connectivity index (χ1n) is 4.68. The van der Waals surface area contributed by atoms with Gasteiger partial charge in [0.2, 0.25) is 0 Å². The number of halogens is 1. The minimum absolute atomic E-state index is 0.132. The van der Waals surface area contributed by atoms with Gasteiger partial charge in [-0.3, -0.25) is 4.79 Å². The second kappa shape index (κ2) is 4.31. The summed E-state index contributed by atoms with van der Waals surface area (Å²) in [7, 11) is 0. The smallest absolute Gasteiger partial charge is 0.196 e. The lowest BCUT2D eigenvalue weighted by molar-refractivity contribution is 0.100. The molecule has 0 amide bonds. The molecular formula is C11H9ClN2OS. The van der Waals surface area contributed by atoms with E-state index in [2.05, 4.69) is 9.97 Å². The molecule has 0 spiro atoms. The highest BCUT2D eigenvalue weighted by Crippen LogP contribution is 2.29. The average Bonchev–Trinajstić information content (AvgIpc) is 2.64. The predicted molar refractivity (Wildman–Crippen MR) is 65.1 cm³/mol. The minimum Gasteiger partial charge on any atom is -0.291 e. The van der Waals surface area contributed by atoms with Crippen LogP contribution in [0.2, 0.25) is 4.34 Å². The van der Waals surface area contributed by atoms with E-state index < -0.39 is 0 Å². The van der Waals surface area contributed by atoms with Crippen LogP contribution in [-0.2, 0) is 0 Å². The largest absolute Gasteiger partial charge is 0.291 e. The molecule has 0 saturated carbocycles. The van der Waals surface area contributed by atoms with Gasteiger partial charge < -0.3 is 0 Å². The first kappa shape index (κ1) is 11.2. The van der Waals surface area contributed by atoms with Crippen LogP contribution in [0.3, 0.4) is 0 Å². The van der Waals surface area contributed by atoms with E-state index in [0.717, 1.165) is 16.3 Å². The Labute approximate surface area is 102 Å². The molecule has 2 aromatic rings. The number of nitrogens with zero attached hydrogens (tertiary/aromatic N) is 2.